The van der Waals surface area contributed by atoms with Crippen LogP contribution in [0.3, 0.4) is 0 Å². The van der Waals surface area contributed by atoms with Gasteiger partial charge in [-0.1, -0.05) is 51.5 Å². The molecule has 0 amide bonds. The highest BCUT2D eigenvalue weighted by Crippen LogP contribution is 2.32. The fourth-order valence-electron chi connectivity index (χ4n) is 2.70. The number of unbranched alkanes of at least 4 members (excludes halogenated alkanes) is 6. The molecule has 0 N–H and O–H groups in total. The number of methoxy groups -OCH3 is 2. The highest BCUT2D eigenvalue weighted by Gasteiger charge is 2.10. The summed E-state index contributed by atoms with van der Waals surface area (Å²) in [5, 5.41) is 0. The van der Waals surface area contributed by atoms with E-state index in [1.807, 2.05) is 0 Å². The lowest BCUT2D eigenvalue weighted by Crippen LogP contribution is -1.98. The summed E-state index contributed by atoms with van der Waals surface area (Å²) in [5.41, 5.74) is 2.41. The van der Waals surface area contributed by atoms with Gasteiger partial charge in [0.1, 0.15) is 11.5 Å². The van der Waals surface area contributed by atoms with Crippen LogP contribution in [-0.4, -0.2) is 14.2 Å². The SMILES string of the molecule is CCCCCCCCCc1ccc(OC)c(C)c1OC. The van der Waals surface area contributed by atoms with E-state index in [0.717, 1.165) is 23.5 Å². The van der Waals surface area contributed by atoms with Gasteiger partial charge in [-0.3, -0.25) is 0 Å². The van der Waals surface area contributed by atoms with Crippen molar-refractivity contribution in [2.24, 2.45) is 0 Å². The van der Waals surface area contributed by atoms with Crippen LogP contribution in [0.2, 0.25) is 0 Å². The van der Waals surface area contributed by atoms with Gasteiger partial charge in [0, 0.05) is 5.56 Å². The molecule has 0 aliphatic heterocycles. The summed E-state index contributed by atoms with van der Waals surface area (Å²) >= 11 is 0. The molecule has 0 aliphatic carbocycles. The second-order valence-corrected chi connectivity index (χ2v) is 5.46. The van der Waals surface area contributed by atoms with E-state index in [1.54, 1.807) is 14.2 Å². The first-order valence-electron chi connectivity index (χ1n) is 7.95. The molecule has 0 radical (unpaired) electrons. The number of hydrogen-bond donors (Lipinski definition) is 0. The monoisotopic (exact) mass is 278 g/mol. The highest BCUT2D eigenvalue weighted by atomic mass is 16.5. The van der Waals surface area contributed by atoms with Gasteiger partial charge in [-0.2, -0.15) is 0 Å². The molecule has 2 heteroatoms. The van der Waals surface area contributed by atoms with E-state index in [9.17, 15) is 0 Å². The second kappa shape index (κ2) is 9.68. The van der Waals surface area contributed by atoms with Gasteiger partial charge in [0.2, 0.25) is 0 Å². The summed E-state index contributed by atoms with van der Waals surface area (Å²) in [6.07, 6.45) is 10.5. The lowest BCUT2D eigenvalue weighted by atomic mass is 10.0. The standard InChI is InChI=1S/C18H30O2/c1-5-6-7-8-9-10-11-12-16-13-14-17(19-3)15(2)18(16)20-4/h13-14H,5-12H2,1-4H3. The molecule has 0 heterocycles. The normalized spacial score (nSPS) is 10.6. The van der Waals surface area contributed by atoms with Gasteiger partial charge in [0.25, 0.3) is 0 Å². The number of aryl methyl sites for hydroxylation is 1. The number of rotatable bonds is 10. The fourth-order valence-corrected chi connectivity index (χ4v) is 2.70. The molecule has 0 atom stereocenters. The van der Waals surface area contributed by atoms with E-state index in [2.05, 4.69) is 26.0 Å². The van der Waals surface area contributed by atoms with Gasteiger partial charge in [0.05, 0.1) is 14.2 Å². The van der Waals surface area contributed by atoms with Crippen LogP contribution in [0.25, 0.3) is 0 Å². The molecule has 20 heavy (non-hydrogen) atoms. The minimum absolute atomic E-state index is 0.908. The van der Waals surface area contributed by atoms with Crippen molar-refractivity contribution in [3.05, 3.63) is 23.3 Å². The Kier molecular flexibility index (Phi) is 8.17. The summed E-state index contributed by atoms with van der Waals surface area (Å²) in [6, 6.07) is 4.19. The van der Waals surface area contributed by atoms with Crippen LogP contribution < -0.4 is 9.47 Å². The Labute approximate surface area is 124 Å². The summed E-state index contributed by atoms with van der Waals surface area (Å²) in [7, 11) is 3.45. The maximum Gasteiger partial charge on any atom is 0.128 e. The largest absolute Gasteiger partial charge is 0.496 e. The van der Waals surface area contributed by atoms with Crippen molar-refractivity contribution in [1.82, 2.24) is 0 Å². The molecule has 0 fully saturated rings. The Morgan fingerprint density at radius 2 is 1.50 bits per heavy atom. The molecule has 1 aromatic rings. The smallest absolute Gasteiger partial charge is 0.128 e. The van der Waals surface area contributed by atoms with Crippen molar-refractivity contribution in [1.29, 1.82) is 0 Å². The quantitative estimate of drug-likeness (QED) is 0.540. The first-order valence-corrected chi connectivity index (χ1v) is 7.95. The molecular weight excluding hydrogens is 248 g/mol. The van der Waals surface area contributed by atoms with Crippen molar-refractivity contribution in [2.75, 3.05) is 14.2 Å². The zero-order valence-electron chi connectivity index (χ0n) is 13.6. The molecule has 0 unspecified atom stereocenters. The third-order valence-corrected chi connectivity index (χ3v) is 3.91. The third kappa shape index (κ3) is 5.07. The summed E-state index contributed by atoms with van der Waals surface area (Å²) in [6.45, 7) is 4.32. The summed E-state index contributed by atoms with van der Waals surface area (Å²) in [5.74, 6) is 1.90. The van der Waals surface area contributed by atoms with Crippen molar-refractivity contribution < 1.29 is 9.47 Å². The van der Waals surface area contributed by atoms with E-state index < -0.39 is 0 Å². The van der Waals surface area contributed by atoms with Crippen molar-refractivity contribution in [2.45, 2.75) is 65.2 Å². The molecule has 0 aliphatic rings. The topological polar surface area (TPSA) is 18.5 Å². The van der Waals surface area contributed by atoms with E-state index >= 15 is 0 Å². The number of hydrogen-bond acceptors (Lipinski definition) is 2. The molecule has 0 bridgehead atoms. The van der Waals surface area contributed by atoms with Gasteiger partial charge in [-0.05, 0) is 31.4 Å². The van der Waals surface area contributed by atoms with Crippen LogP contribution in [0.5, 0.6) is 11.5 Å². The lowest BCUT2D eigenvalue weighted by molar-refractivity contribution is 0.385. The number of ether oxygens (including phenoxy) is 2. The minimum atomic E-state index is 0.908. The Balaban J connectivity index is 2.42. The lowest BCUT2D eigenvalue weighted by Gasteiger charge is -2.14. The molecular formula is C18H30O2. The van der Waals surface area contributed by atoms with E-state index in [1.165, 1.54) is 50.5 Å². The molecule has 1 aromatic carbocycles. The average Bonchev–Trinajstić information content (AvgIpc) is 2.46. The predicted octanol–water partition coefficient (Wildman–Crippen LogP) is 5.31. The minimum Gasteiger partial charge on any atom is -0.496 e. The van der Waals surface area contributed by atoms with Crippen molar-refractivity contribution in [3.63, 3.8) is 0 Å². The molecule has 0 saturated heterocycles. The second-order valence-electron chi connectivity index (χ2n) is 5.46. The van der Waals surface area contributed by atoms with Gasteiger partial charge < -0.3 is 9.47 Å². The summed E-state index contributed by atoms with van der Waals surface area (Å²) in [4.78, 5) is 0. The third-order valence-electron chi connectivity index (χ3n) is 3.91. The molecule has 0 spiro atoms. The first-order chi connectivity index (χ1) is 9.74. The van der Waals surface area contributed by atoms with Crippen LogP contribution in [-0.2, 0) is 6.42 Å². The zero-order chi connectivity index (χ0) is 14.8. The Morgan fingerprint density at radius 1 is 0.850 bits per heavy atom. The molecule has 0 saturated carbocycles. The van der Waals surface area contributed by atoms with Crippen molar-refractivity contribution >= 4 is 0 Å². The molecule has 2 nitrogen and oxygen atoms in total. The van der Waals surface area contributed by atoms with Gasteiger partial charge in [-0.15, -0.1) is 0 Å². The zero-order valence-corrected chi connectivity index (χ0v) is 13.6. The van der Waals surface area contributed by atoms with Crippen LogP contribution in [0.15, 0.2) is 12.1 Å². The molecule has 1 rings (SSSR count). The highest BCUT2D eigenvalue weighted by molar-refractivity contribution is 5.49. The van der Waals surface area contributed by atoms with Gasteiger partial charge in [0.15, 0.2) is 0 Å². The first kappa shape index (κ1) is 16.9. The Morgan fingerprint density at radius 3 is 2.10 bits per heavy atom. The molecule has 114 valence electrons. The average molecular weight is 278 g/mol. The van der Waals surface area contributed by atoms with E-state index in [-0.39, 0.29) is 0 Å². The van der Waals surface area contributed by atoms with Gasteiger partial charge >= 0.3 is 0 Å². The predicted molar refractivity (Wildman–Crippen MR) is 86.0 cm³/mol. The maximum absolute atomic E-state index is 5.55. The maximum atomic E-state index is 5.55. The van der Waals surface area contributed by atoms with Crippen LogP contribution in [0.1, 0.15) is 63.0 Å². The van der Waals surface area contributed by atoms with E-state index in [0.29, 0.717) is 0 Å². The Hall–Kier alpha value is -1.18. The van der Waals surface area contributed by atoms with Crippen LogP contribution in [0.4, 0.5) is 0 Å². The fraction of sp³-hybridized carbons (Fsp3) is 0.667. The molecule has 0 aromatic heterocycles. The van der Waals surface area contributed by atoms with Crippen LogP contribution >= 0.6 is 0 Å². The van der Waals surface area contributed by atoms with Gasteiger partial charge in [-0.25, -0.2) is 0 Å². The van der Waals surface area contributed by atoms with E-state index in [4.69, 9.17) is 9.47 Å². The summed E-state index contributed by atoms with van der Waals surface area (Å²) < 4.78 is 10.9. The number of benzene rings is 1. The van der Waals surface area contributed by atoms with Crippen LogP contribution in [0, 0.1) is 6.92 Å². The Bertz CT molecular complexity index is 385. The van der Waals surface area contributed by atoms with Crippen molar-refractivity contribution in [3.8, 4) is 11.5 Å².